The van der Waals surface area contributed by atoms with Gasteiger partial charge in [-0.1, -0.05) is 42.7 Å². The van der Waals surface area contributed by atoms with Gasteiger partial charge in [0.2, 0.25) is 17.6 Å². The number of aryl methyl sites for hydroxylation is 1. The molecule has 0 unspecified atom stereocenters. The molecule has 2 aromatic carbocycles. The summed E-state index contributed by atoms with van der Waals surface area (Å²) in [6, 6.07) is 12.8. The van der Waals surface area contributed by atoms with Crippen LogP contribution in [0, 0.1) is 12.7 Å². The average molecular weight is 523 g/mol. The fraction of sp³-hybridized carbons (Fsp3) is 0.464. The zero-order chi connectivity index (χ0) is 26.9. The van der Waals surface area contributed by atoms with E-state index in [2.05, 4.69) is 20.7 Å². The summed E-state index contributed by atoms with van der Waals surface area (Å²) in [6.07, 6.45) is 4.64. The van der Waals surface area contributed by atoms with E-state index in [1.165, 1.54) is 16.9 Å². The first-order valence-electron chi connectivity index (χ1n) is 13.2. The predicted octanol–water partition coefficient (Wildman–Crippen LogP) is 3.84. The van der Waals surface area contributed by atoms with Crippen LogP contribution in [-0.2, 0) is 20.9 Å². The fourth-order valence-electron chi connectivity index (χ4n) is 4.69. The molecule has 4 rings (SSSR count). The van der Waals surface area contributed by atoms with Crippen LogP contribution in [0.3, 0.4) is 0 Å². The van der Waals surface area contributed by atoms with Crippen LogP contribution in [0.4, 0.5) is 4.39 Å². The highest BCUT2D eigenvalue weighted by Gasteiger charge is 2.33. The summed E-state index contributed by atoms with van der Waals surface area (Å²) in [4.78, 5) is 30.2. The predicted molar refractivity (Wildman–Crippen MR) is 140 cm³/mol. The topological polar surface area (TPSA) is 102 Å². The molecule has 10 heteroatoms. The van der Waals surface area contributed by atoms with Gasteiger partial charge in [-0.05, 0) is 68.2 Å². The van der Waals surface area contributed by atoms with Gasteiger partial charge in [0.1, 0.15) is 18.4 Å². The van der Waals surface area contributed by atoms with Gasteiger partial charge in [-0.2, -0.15) is 4.80 Å². The standard InChI is InChI=1S/C28H35FN6O3/c1-3-38-18-6-17-34(25(36)19-35-32-27(31-33-35)22-13-15-23(29)16-14-22)26(21-11-9-20(2)10-12-21)28(37)30-24-7-4-5-8-24/h9-16,24,26H,3-8,17-19H2,1-2H3,(H,30,37)/t26-/m1/s1. The van der Waals surface area contributed by atoms with Crippen LogP contribution in [0.15, 0.2) is 48.5 Å². The zero-order valence-corrected chi connectivity index (χ0v) is 22.0. The molecule has 1 aliphatic carbocycles. The van der Waals surface area contributed by atoms with Crippen LogP contribution in [0.1, 0.15) is 56.2 Å². The molecule has 1 aromatic heterocycles. The molecule has 2 amide bonds. The SMILES string of the molecule is CCOCCCN(C(=O)Cn1nnc(-c2ccc(F)cc2)n1)[C@@H](C(=O)NC1CCCC1)c1ccc(C)cc1. The van der Waals surface area contributed by atoms with Crippen LogP contribution >= 0.6 is 0 Å². The molecule has 1 saturated carbocycles. The lowest BCUT2D eigenvalue weighted by Crippen LogP contribution is -2.47. The number of amides is 2. The number of hydrogen-bond acceptors (Lipinski definition) is 6. The minimum Gasteiger partial charge on any atom is -0.382 e. The first-order valence-corrected chi connectivity index (χ1v) is 13.2. The summed E-state index contributed by atoms with van der Waals surface area (Å²) in [5, 5.41) is 15.5. The average Bonchev–Trinajstić information content (AvgIpc) is 3.59. The lowest BCUT2D eigenvalue weighted by atomic mass is 10.0. The second-order valence-electron chi connectivity index (χ2n) is 9.59. The van der Waals surface area contributed by atoms with Crippen molar-refractivity contribution in [2.75, 3.05) is 19.8 Å². The summed E-state index contributed by atoms with van der Waals surface area (Å²) in [5.41, 5.74) is 2.40. The van der Waals surface area contributed by atoms with Crippen molar-refractivity contribution in [3.8, 4) is 11.4 Å². The van der Waals surface area contributed by atoms with Gasteiger partial charge in [0, 0.05) is 31.4 Å². The van der Waals surface area contributed by atoms with E-state index in [-0.39, 0.29) is 36.0 Å². The number of halogens is 1. The molecular weight excluding hydrogens is 487 g/mol. The lowest BCUT2D eigenvalue weighted by molar-refractivity contribution is -0.142. The molecule has 9 nitrogen and oxygen atoms in total. The number of ether oxygens (including phenoxy) is 1. The van der Waals surface area contributed by atoms with Gasteiger partial charge in [-0.15, -0.1) is 10.2 Å². The van der Waals surface area contributed by atoms with Crippen LogP contribution in [0.2, 0.25) is 0 Å². The monoisotopic (exact) mass is 522 g/mol. The van der Waals surface area contributed by atoms with Crippen molar-refractivity contribution in [2.45, 2.75) is 64.6 Å². The van der Waals surface area contributed by atoms with E-state index in [1.807, 2.05) is 38.1 Å². The Labute approximate surface area is 222 Å². The Balaban J connectivity index is 1.58. The minimum absolute atomic E-state index is 0.117. The van der Waals surface area contributed by atoms with Crippen molar-refractivity contribution in [1.82, 2.24) is 30.4 Å². The highest BCUT2D eigenvalue weighted by atomic mass is 19.1. The number of benzene rings is 2. The minimum atomic E-state index is -0.801. The smallest absolute Gasteiger partial charge is 0.247 e. The van der Waals surface area contributed by atoms with E-state index in [0.717, 1.165) is 36.8 Å². The first-order chi connectivity index (χ1) is 18.4. The third-order valence-electron chi connectivity index (χ3n) is 6.70. The molecular formula is C28H35FN6O3. The molecule has 1 fully saturated rings. The van der Waals surface area contributed by atoms with E-state index in [4.69, 9.17) is 4.74 Å². The van der Waals surface area contributed by atoms with Crippen molar-refractivity contribution in [2.24, 2.45) is 0 Å². The Bertz CT molecular complexity index is 1190. The van der Waals surface area contributed by atoms with Crippen LogP contribution in [-0.4, -0.2) is 62.7 Å². The van der Waals surface area contributed by atoms with Gasteiger partial charge in [0.15, 0.2) is 0 Å². The molecule has 1 heterocycles. The van der Waals surface area contributed by atoms with Gasteiger partial charge < -0.3 is 15.0 Å². The number of nitrogens with one attached hydrogen (secondary N) is 1. The number of aromatic nitrogens is 4. The van der Waals surface area contributed by atoms with E-state index in [9.17, 15) is 14.0 Å². The highest BCUT2D eigenvalue weighted by molar-refractivity contribution is 5.89. The number of tetrazole rings is 1. The number of nitrogens with zero attached hydrogens (tertiary/aromatic N) is 5. The first kappa shape index (κ1) is 27.4. The van der Waals surface area contributed by atoms with Gasteiger partial charge in [0.05, 0.1) is 0 Å². The maximum Gasteiger partial charge on any atom is 0.247 e. The highest BCUT2D eigenvalue weighted by Crippen LogP contribution is 2.25. The molecule has 0 aliphatic heterocycles. The Morgan fingerprint density at radius 2 is 1.84 bits per heavy atom. The largest absolute Gasteiger partial charge is 0.382 e. The summed E-state index contributed by atoms with van der Waals surface area (Å²) < 4.78 is 18.8. The zero-order valence-electron chi connectivity index (χ0n) is 22.0. The number of hydrogen-bond donors (Lipinski definition) is 1. The number of carbonyl (C=O) groups excluding carboxylic acids is 2. The van der Waals surface area contributed by atoms with Crippen LogP contribution in [0.5, 0.6) is 0 Å². The van der Waals surface area contributed by atoms with E-state index in [0.29, 0.717) is 31.7 Å². The van der Waals surface area contributed by atoms with Crippen molar-refractivity contribution in [1.29, 1.82) is 0 Å². The molecule has 1 N–H and O–H groups in total. The normalized spacial score (nSPS) is 14.4. The molecule has 202 valence electrons. The second-order valence-corrected chi connectivity index (χ2v) is 9.59. The van der Waals surface area contributed by atoms with Crippen molar-refractivity contribution in [3.05, 3.63) is 65.5 Å². The molecule has 0 bridgehead atoms. The summed E-state index contributed by atoms with van der Waals surface area (Å²) in [5.74, 6) is -0.576. The van der Waals surface area contributed by atoms with Gasteiger partial charge in [-0.25, -0.2) is 4.39 Å². The Morgan fingerprint density at radius 3 is 2.53 bits per heavy atom. The molecule has 0 saturated heterocycles. The summed E-state index contributed by atoms with van der Waals surface area (Å²) >= 11 is 0. The molecule has 0 spiro atoms. The quantitative estimate of drug-likeness (QED) is 0.363. The van der Waals surface area contributed by atoms with Gasteiger partial charge in [-0.3, -0.25) is 9.59 Å². The maximum atomic E-state index is 13.7. The summed E-state index contributed by atoms with van der Waals surface area (Å²) in [7, 11) is 0. The number of rotatable bonds is 12. The van der Waals surface area contributed by atoms with Gasteiger partial charge >= 0.3 is 0 Å². The van der Waals surface area contributed by atoms with Gasteiger partial charge in [0.25, 0.3) is 0 Å². The maximum absolute atomic E-state index is 13.7. The van der Waals surface area contributed by atoms with Crippen molar-refractivity contribution >= 4 is 11.8 Å². The molecule has 0 radical (unpaired) electrons. The Morgan fingerprint density at radius 1 is 1.13 bits per heavy atom. The Kier molecular flexibility index (Phi) is 9.53. The third-order valence-corrected chi connectivity index (χ3v) is 6.70. The molecule has 38 heavy (non-hydrogen) atoms. The third kappa shape index (κ3) is 7.22. The lowest BCUT2D eigenvalue weighted by Gasteiger charge is -2.32. The number of carbonyl (C=O) groups is 2. The molecule has 1 atom stereocenters. The van der Waals surface area contributed by atoms with Crippen LogP contribution in [0.25, 0.3) is 11.4 Å². The fourth-order valence-corrected chi connectivity index (χ4v) is 4.69. The van der Waals surface area contributed by atoms with E-state index < -0.39 is 6.04 Å². The molecule has 1 aliphatic rings. The van der Waals surface area contributed by atoms with E-state index >= 15 is 0 Å². The Hall–Kier alpha value is -3.66. The molecule has 3 aromatic rings. The summed E-state index contributed by atoms with van der Waals surface area (Å²) in [6.45, 7) is 5.09. The van der Waals surface area contributed by atoms with E-state index in [1.54, 1.807) is 17.0 Å². The van der Waals surface area contributed by atoms with Crippen LogP contribution < -0.4 is 5.32 Å². The van der Waals surface area contributed by atoms with Crippen molar-refractivity contribution < 1.29 is 18.7 Å². The second kappa shape index (κ2) is 13.2. The van der Waals surface area contributed by atoms with Crippen molar-refractivity contribution in [3.63, 3.8) is 0 Å².